The van der Waals surface area contributed by atoms with Gasteiger partial charge in [-0.3, -0.25) is 9.69 Å². The fourth-order valence-corrected chi connectivity index (χ4v) is 4.78. The standard InChI is InChI=1S/C11H21N3O4S/c12-11(16)5-14(8-1-3-13-4-2-8)9-6-19(17,18)7-10(9)15/h8-10,13,15H,1-7H2,(H2,12,16). The van der Waals surface area contributed by atoms with E-state index in [1.807, 2.05) is 0 Å². The molecule has 8 heteroatoms. The van der Waals surface area contributed by atoms with E-state index < -0.39 is 27.9 Å². The van der Waals surface area contributed by atoms with Crippen LogP contribution in [0.2, 0.25) is 0 Å². The molecule has 0 aromatic rings. The predicted molar refractivity (Wildman–Crippen MR) is 70.2 cm³/mol. The Kier molecular flexibility index (Phi) is 4.44. The maximum Gasteiger partial charge on any atom is 0.231 e. The second-order valence-corrected chi connectivity index (χ2v) is 7.49. The van der Waals surface area contributed by atoms with Crippen LogP contribution in [0.3, 0.4) is 0 Å². The normalized spacial score (nSPS) is 31.7. The largest absolute Gasteiger partial charge is 0.390 e. The Morgan fingerprint density at radius 1 is 1.32 bits per heavy atom. The quantitative estimate of drug-likeness (QED) is 0.536. The summed E-state index contributed by atoms with van der Waals surface area (Å²) in [5, 5.41) is 13.2. The molecule has 0 spiro atoms. The van der Waals surface area contributed by atoms with Crippen LogP contribution in [-0.4, -0.2) is 73.7 Å². The Hall–Kier alpha value is -0.700. The third-order valence-electron chi connectivity index (χ3n) is 3.84. The summed E-state index contributed by atoms with van der Waals surface area (Å²) < 4.78 is 23.2. The molecule has 19 heavy (non-hydrogen) atoms. The summed E-state index contributed by atoms with van der Waals surface area (Å²) >= 11 is 0. The SMILES string of the molecule is NC(=O)CN(C1CCNCC1)C1CS(=O)(=O)CC1O. The van der Waals surface area contributed by atoms with Crippen molar-refractivity contribution in [2.45, 2.75) is 31.0 Å². The van der Waals surface area contributed by atoms with Gasteiger partial charge < -0.3 is 16.2 Å². The minimum absolute atomic E-state index is 0.00190. The molecule has 2 aliphatic heterocycles. The smallest absolute Gasteiger partial charge is 0.231 e. The average molecular weight is 291 g/mol. The number of piperidine rings is 1. The van der Waals surface area contributed by atoms with Crippen LogP contribution in [0.15, 0.2) is 0 Å². The lowest BCUT2D eigenvalue weighted by Crippen LogP contribution is -2.54. The highest BCUT2D eigenvalue weighted by molar-refractivity contribution is 7.91. The van der Waals surface area contributed by atoms with Crippen molar-refractivity contribution in [3.8, 4) is 0 Å². The van der Waals surface area contributed by atoms with Gasteiger partial charge in [0.15, 0.2) is 9.84 Å². The van der Waals surface area contributed by atoms with E-state index in [4.69, 9.17) is 5.73 Å². The van der Waals surface area contributed by atoms with Crippen molar-refractivity contribution < 1.29 is 18.3 Å². The molecule has 110 valence electrons. The Balaban J connectivity index is 2.14. The van der Waals surface area contributed by atoms with Crippen LogP contribution in [0.5, 0.6) is 0 Å². The molecule has 0 aromatic heterocycles. The minimum Gasteiger partial charge on any atom is -0.390 e. The molecular weight excluding hydrogens is 270 g/mol. The van der Waals surface area contributed by atoms with E-state index in [0.29, 0.717) is 0 Å². The molecule has 2 heterocycles. The Morgan fingerprint density at radius 3 is 2.42 bits per heavy atom. The maximum absolute atomic E-state index is 11.6. The van der Waals surface area contributed by atoms with Crippen molar-refractivity contribution in [2.24, 2.45) is 5.73 Å². The average Bonchev–Trinajstić information content (AvgIpc) is 2.60. The number of carbonyl (C=O) groups is 1. The highest BCUT2D eigenvalue weighted by Crippen LogP contribution is 2.23. The van der Waals surface area contributed by atoms with Crippen LogP contribution in [0.25, 0.3) is 0 Å². The number of nitrogens with zero attached hydrogens (tertiary/aromatic N) is 1. The molecule has 7 nitrogen and oxygen atoms in total. The minimum atomic E-state index is -3.22. The van der Waals surface area contributed by atoms with Crippen molar-refractivity contribution >= 4 is 15.7 Å². The first-order chi connectivity index (χ1) is 8.89. The van der Waals surface area contributed by atoms with Crippen LogP contribution in [0.4, 0.5) is 0 Å². The van der Waals surface area contributed by atoms with Gasteiger partial charge in [0.05, 0.1) is 30.2 Å². The fourth-order valence-electron chi connectivity index (χ4n) is 2.96. The summed E-state index contributed by atoms with van der Waals surface area (Å²) in [6, 6.07) is -0.415. The Morgan fingerprint density at radius 2 is 1.95 bits per heavy atom. The molecular formula is C11H21N3O4S. The number of sulfone groups is 1. The van der Waals surface area contributed by atoms with Gasteiger partial charge in [-0.15, -0.1) is 0 Å². The predicted octanol–water partition coefficient (Wildman–Crippen LogP) is -2.32. The third kappa shape index (κ3) is 3.65. The number of nitrogens with two attached hydrogens (primary N) is 1. The lowest BCUT2D eigenvalue weighted by atomic mass is 10.0. The Bertz CT molecular complexity index is 433. The van der Waals surface area contributed by atoms with E-state index in [2.05, 4.69) is 5.32 Å². The zero-order valence-corrected chi connectivity index (χ0v) is 11.6. The number of rotatable bonds is 4. The number of hydrogen-bond donors (Lipinski definition) is 3. The first-order valence-corrected chi connectivity index (χ1v) is 8.34. The first kappa shape index (κ1) is 14.7. The maximum atomic E-state index is 11.6. The summed E-state index contributed by atoms with van der Waals surface area (Å²) in [6.07, 6.45) is 0.729. The molecule has 2 saturated heterocycles. The summed E-state index contributed by atoms with van der Waals surface area (Å²) in [5.41, 5.74) is 5.25. The number of hydrogen-bond acceptors (Lipinski definition) is 6. The van der Waals surface area contributed by atoms with Gasteiger partial charge in [0, 0.05) is 6.04 Å². The highest BCUT2D eigenvalue weighted by atomic mass is 32.2. The third-order valence-corrected chi connectivity index (χ3v) is 5.53. The van der Waals surface area contributed by atoms with Crippen LogP contribution >= 0.6 is 0 Å². The number of aliphatic hydroxyl groups excluding tert-OH is 1. The van der Waals surface area contributed by atoms with Crippen LogP contribution in [-0.2, 0) is 14.6 Å². The second-order valence-electron chi connectivity index (χ2n) is 5.33. The van der Waals surface area contributed by atoms with Crippen LogP contribution < -0.4 is 11.1 Å². The van der Waals surface area contributed by atoms with Crippen molar-refractivity contribution in [3.63, 3.8) is 0 Å². The molecule has 2 aliphatic rings. The molecule has 2 fully saturated rings. The van der Waals surface area contributed by atoms with Gasteiger partial charge in [-0.05, 0) is 25.9 Å². The molecule has 0 aromatic carbocycles. The molecule has 0 saturated carbocycles. The zero-order chi connectivity index (χ0) is 14.0. The van der Waals surface area contributed by atoms with Gasteiger partial charge in [-0.25, -0.2) is 8.42 Å². The zero-order valence-electron chi connectivity index (χ0n) is 10.8. The molecule has 2 rings (SSSR count). The molecule has 2 atom stereocenters. The van der Waals surface area contributed by atoms with Gasteiger partial charge in [-0.1, -0.05) is 0 Å². The fraction of sp³-hybridized carbons (Fsp3) is 0.909. The van der Waals surface area contributed by atoms with Crippen molar-refractivity contribution in [2.75, 3.05) is 31.1 Å². The van der Waals surface area contributed by atoms with Gasteiger partial charge >= 0.3 is 0 Å². The summed E-state index contributed by atoms with van der Waals surface area (Å²) in [4.78, 5) is 13.0. The molecule has 0 bridgehead atoms. The second kappa shape index (κ2) is 5.74. The van der Waals surface area contributed by atoms with E-state index >= 15 is 0 Å². The van der Waals surface area contributed by atoms with Crippen molar-refractivity contribution in [3.05, 3.63) is 0 Å². The Labute approximate surface area is 113 Å². The van der Waals surface area contributed by atoms with Crippen molar-refractivity contribution in [1.82, 2.24) is 10.2 Å². The number of primary amides is 1. The summed E-state index contributed by atoms with van der Waals surface area (Å²) in [7, 11) is -3.22. The topological polar surface area (TPSA) is 113 Å². The first-order valence-electron chi connectivity index (χ1n) is 6.52. The summed E-state index contributed by atoms with van der Waals surface area (Å²) in [5.74, 6) is -0.807. The van der Waals surface area contributed by atoms with Gasteiger partial charge in [0.1, 0.15) is 0 Å². The van der Waals surface area contributed by atoms with Gasteiger partial charge in [0.25, 0.3) is 0 Å². The van der Waals surface area contributed by atoms with E-state index in [-0.39, 0.29) is 24.1 Å². The molecule has 2 unspecified atom stereocenters. The van der Waals surface area contributed by atoms with Crippen LogP contribution in [0.1, 0.15) is 12.8 Å². The number of amides is 1. The summed E-state index contributed by atoms with van der Waals surface area (Å²) in [6.45, 7) is 1.66. The molecule has 0 radical (unpaired) electrons. The van der Waals surface area contributed by atoms with Gasteiger partial charge in [0.2, 0.25) is 5.91 Å². The number of carbonyl (C=O) groups excluding carboxylic acids is 1. The van der Waals surface area contributed by atoms with E-state index in [9.17, 15) is 18.3 Å². The van der Waals surface area contributed by atoms with Crippen LogP contribution in [0, 0.1) is 0 Å². The molecule has 4 N–H and O–H groups in total. The molecule has 1 amide bonds. The van der Waals surface area contributed by atoms with E-state index in [0.717, 1.165) is 25.9 Å². The lowest BCUT2D eigenvalue weighted by Gasteiger charge is -2.38. The molecule has 0 aliphatic carbocycles. The van der Waals surface area contributed by atoms with E-state index in [1.54, 1.807) is 4.90 Å². The number of nitrogens with one attached hydrogen (secondary N) is 1. The highest BCUT2D eigenvalue weighted by Gasteiger charge is 2.42. The van der Waals surface area contributed by atoms with E-state index in [1.165, 1.54) is 0 Å². The van der Waals surface area contributed by atoms with Gasteiger partial charge in [-0.2, -0.15) is 0 Å². The lowest BCUT2D eigenvalue weighted by molar-refractivity contribution is -0.121. The number of aliphatic hydroxyl groups is 1. The monoisotopic (exact) mass is 291 g/mol. The van der Waals surface area contributed by atoms with Crippen molar-refractivity contribution in [1.29, 1.82) is 0 Å².